The first-order valence-electron chi connectivity index (χ1n) is 8.08. The van der Waals surface area contributed by atoms with E-state index in [0.29, 0.717) is 18.4 Å². The quantitative estimate of drug-likeness (QED) is 0.702. The Balaban J connectivity index is 1.76. The molecule has 2 aliphatic carbocycles. The molecular formula is C16H30N2O3. The average molecular weight is 298 g/mol. The number of hydrogen-bond donors (Lipinski definition) is 3. The van der Waals surface area contributed by atoms with Crippen molar-refractivity contribution in [2.75, 3.05) is 13.1 Å². The van der Waals surface area contributed by atoms with Crippen LogP contribution in [0.4, 0.5) is 4.79 Å². The average Bonchev–Trinajstić information content (AvgIpc) is 3.13. The third kappa shape index (κ3) is 5.15. The van der Waals surface area contributed by atoms with Crippen molar-refractivity contribution in [3.8, 4) is 0 Å². The minimum Gasteiger partial charge on any atom is -0.444 e. The van der Waals surface area contributed by atoms with Gasteiger partial charge in [0.1, 0.15) is 5.60 Å². The summed E-state index contributed by atoms with van der Waals surface area (Å²) in [6.45, 7) is 9.28. The highest BCUT2D eigenvalue weighted by molar-refractivity contribution is 5.67. The predicted octanol–water partition coefficient (Wildman–Crippen LogP) is 2.04. The lowest BCUT2D eigenvalue weighted by Crippen LogP contribution is -2.55. The highest BCUT2D eigenvalue weighted by Gasteiger charge is 2.42. The molecule has 0 aliphatic heterocycles. The molecule has 3 N–H and O–H groups in total. The van der Waals surface area contributed by atoms with Gasteiger partial charge in [0.2, 0.25) is 0 Å². The summed E-state index contributed by atoms with van der Waals surface area (Å²) in [5.41, 5.74) is -0.535. The van der Waals surface area contributed by atoms with Crippen molar-refractivity contribution in [1.82, 2.24) is 10.6 Å². The first-order chi connectivity index (χ1) is 9.68. The molecule has 0 aromatic heterocycles. The van der Waals surface area contributed by atoms with E-state index in [-0.39, 0.29) is 17.7 Å². The fourth-order valence-corrected chi connectivity index (χ4v) is 2.89. The van der Waals surface area contributed by atoms with Crippen LogP contribution in [0.3, 0.4) is 0 Å². The first kappa shape index (κ1) is 16.6. The number of alkyl carbamates (subject to hydrolysis) is 1. The van der Waals surface area contributed by atoms with Crippen molar-refractivity contribution in [3.63, 3.8) is 0 Å². The summed E-state index contributed by atoms with van der Waals surface area (Å²) in [5, 5.41) is 15.9. The lowest BCUT2D eigenvalue weighted by molar-refractivity contribution is 0.0375. The third-order valence-electron chi connectivity index (χ3n) is 4.48. The molecule has 2 saturated carbocycles. The van der Waals surface area contributed by atoms with Gasteiger partial charge in [0.05, 0.1) is 6.10 Å². The molecule has 5 nitrogen and oxygen atoms in total. The molecule has 0 aromatic carbocycles. The molecule has 0 saturated heterocycles. The van der Waals surface area contributed by atoms with E-state index in [2.05, 4.69) is 17.6 Å². The monoisotopic (exact) mass is 298 g/mol. The van der Waals surface area contributed by atoms with Gasteiger partial charge < -0.3 is 20.5 Å². The molecule has 1 amide bonds. The molecule has 122 valence electrons. The molecule has 1 atom stereocenters. The van der Waals surface area contributed by atoms with E-state index in [0.717, 1.165) is 19.4 Å². The Morgan fingerprint density at radius 1 is 1.24 bits per heavy atom. The van der Waals surface area contributed by atoms with Crippen LogP contribution in [0.5, 0.6) is 0 Å². The van der Waals surface area contributed by atoms with Crippen LogP contribution in [0, 0.1) is 11.8 Å². The zero-order chi connectivity index (χ0) is 15.7. The number of amides is 1. The maximum atomic E-state index is 11.8. The molecule has 5 heteroatoms. The zero-order valence-corrected chi connectivity index (χ0v) is 13.7. The summed E-state index contributed by atoms with van der Waals surface area (Å²) in [6, 6.07) is 0. The summed E-state index contributed by atoms with van der Waals surface area (Å²) >= 11 is 0. The summed E-state index contributed by atoms with van der Waals surface area (Å²) < 4.78 is 5.29. The Labute approximate surface area is 127 Å². The summed E-state index contributed by atoms with van der Waals surface area (Å²) in [4.78, 5) is 11.8. The highest BCUT2D eigenvalue weighted by Crippen LogP contribution is 2.40. The number of rotatable bonds is 6. The van der Waals surface area contributed by atoms with Crippen LogP contribution in [0.1, 0.15) is 53.4 Å². The van der Waals surface area contributed by atoms with Gasteiger partial charge in [-0.05, 0) is 71.8 Å². The molecule has 0 aromatic rings. The maximum absolute atomic E-state index is 11.8. The van der Waals surface area contributed by atoms with E-state index in [1.54, 1.807) is 0 Å². The minimum atomic E-state index is -0.463. The second-order valence-corrected chi connectivity index (χ2v) is 7.92. The molecule has 2 aliphatic rings. The number of aliphatic hydroxyl groups excluding tert-OH is 1. The molecule has 21 heavy (non-hydrogen) atoms. The minimum absolute atomic E-state index is 0.0720. The van der Waals surface area contributed by atoms with Gasteiger partial charge in [-0.15, -0.1) is 0 Å². The van der Waals surface area contributed by atoms with Crippen LogP contribution in [-0.4, -0.2) is 41.5 Å². The van der Waals surface area contributed by atoms with Gasteiger partial charge in [0.15, 0.2) is 0 Å². The molecular weight excluding hydrogens is 268 g/mol. The van der Waals surface area contributed by atoms with Gasteiger partial charge in [-0.3, -0.25) is 0 Å². The smallest absolute Gasteiger partial charge is 0.407 e. The predicted molar refractivity (Wildman–Crippen MR) is 82.1 cm³/mol. The lowest BCUT2D eigenvalue weighted by Gasteiger charge is -2.37. The van der Waals surface area contributed by atoms with Crippen molar-refractivity contribution < 1.29 is 14.6 Å². The van der Waals surface area contributed by atoms with Gasteiger partial charge >= 0.3 is 6.09 Å². The van der Waals surface area contributed by atoms with E-state index >= 15 is 0 Å². The van der Waals surface area contributed by atoms with Gasteiger partial charge in [-0.1, -0.05) is 0 Å². The van der Waals surface area contributed by atoms with Crippen LogP contribution in [-0.2, 0) is 4.74 Å². The van der Waals surface area contributed by atoms with Gasteiger partial charge in [-0.25, -0.2) is 4.79 Å². The molecule has 2 fully saturated rings. The molecule has 0 spiro atoms. The van der Waals surface area contributed by atoms with E-state index in [4.69, 9.17) is 4.74 Å². The second kappa shape index (κ2) is 6.13. The van der Waals surface area contributed by atoms with E-state index in [9.17, 15) is 9.90 Å². The van der Waals surface area contributed by atoms with Crippen molar-refractivity contribution in [2.45, 2.75) is 70.6 Å². The van der Waals surface area contributed by atoms with Crippen molar-refractivity contribution >= 4 is 6.09 Å². The SMILES string of the molecule is CC(C)(C)OC(=O)NC[C@@](C)(NCC1CC(O)C1)C1CC1. The maximum Gasteiger partial charge on any atom is 0.407 e. The number of nitrogens with one attached hydrogen (secondary N) is 2. The molecule has 0 unspecified atom stereocenters. The van der Waals surface area contributed by atoms with Crippen molar-refractivity contribution in [2.24, 2.45) is 11.8 Å². The van der Waals surface area contributed by atoms with E-state index < -0.39 is 5.60 Å². The van der Waals surface area contributed by atoms with Crippen molar-refractivity contribution in [1.29, 1.82) is 0 Å². The fraction of sp³-hybridized carbons (Fsp3) is 0.938. The van der Waals surface area contributed by atoms with Crippen LogP contribution in [0.2, 0.25) is 0 Å². The highest BCUT2D eigenvalue weighted by atomic mass is 16.6. The van der Waals surface area contributed by atoms with Crippen LogP contribution in [0.25, 0.3) is 0 Å². The van der Waals surface area contributed by atoms with Crippen LogP contribution >= 0.6 is 0 Å². The van der Waals surface area contributed by atoms with Gasteiger partial charge in [0, 0.05) is 12.1 Å². The summed E-state index contributed by atoms with van der Waals surface area (Å²) in [7, 11) is 0. The number of aliphatic hydroxyl groups is 1. The zero-order valence-electron chi connectivity index (χ0n) is 13.7. The Bertz CT molecular complexity index is 370. The van der Waals surface area contributed by atoms with Crippen LogP contribution in [0.15, 0.2) is 0 Å². The van der Waals surface area contributed by atoms with Gasteiger partial charge in [-0.2, -0.15) is 0 Å². The molecule has 0 bridgehead atoms. The summed E-state index contributed by atoms with van der Waals surface area (Å²) in [5.74, 6) is 1.19. The Hall–Kier alpha value is -0.810. The second-order valence-electron chi connectivity index (χ2n) is 7.92. The molecule has 2 rings (SSSR count). The van der Waals surface area contributed by atoms with Gasteiger partial charge in [0.25, 0.3) is 0 Å². The lowest BCUT2D eigenvalue weighted by atomic mass is 9.81. The number of carbonyl (C=O) groups excluding carboxylic acids is 1. The first-order valence-corrected chi connectivity index (χ1v) is 8.08. The Kier molecular flexibility index (Phi) is 4.83. The largest absolute Gasteiger partial charge is 0.444 e. The summed E-state index contributed by atoms with van der Waals surface area (Å²) in [6.07, 6.45) is 3.76. The standard InChI is InChI=1S/C16H30N2O3/c1-15(2,3)21-14(20)17-10-16(4,12-5-6-12)18-9-11-7-13(19)8-11/h11-13,18-19H,5-10H2,1-4H3,(H,17,20)/t11?,13?,16-/m1/s1. The molecule has 0 heterocycles. The Morgan fingerprint density at radius 3 is 2.33 bits per heavy atom. The molecule has 0 radical (unpaired) electrons. The Morgan fingerprint density at radius 2 is 1.86 bits per heavy atom. The number of ether oxygens (including phenoxy) is 1. The normalized spacial score (nSPS) is 28.4. The van der Waals surface area contributed by atoms with E-state index in [1.807, 2.05) is 20.8 Å². The fourth-order valence-electron chi connectivity index (χ4n) is 2.89. The number of carbonyl (C=O) groups is 1. The van der Waals surface area contributed by atoms with E-state index in [1.165, 1.54) is 12.8 Å². The van der Waals surface area contributed by atoms with Crippen molar-refractivity contribution in [3.05, 3.63) is 0 Å². The van der Waals surface area contributed by atoms with Crippen LogP contribution < -0.4 is 10.6 Å². The third-order valence-corrected chi connectivity index (χ3v) is 4.48. The topological polar surface area (TPSA) is 70.6 Å². The number of hydrogen-bond acceptors (Lipinski definition) is 4.